The fourth-order valence-electron chi connectivity index (χ4n) is 3.06. The summed E-state index contributed by atoms with van der Waals surface area (Å²) in [6, 6.07) is 11.9. The molecule has 0 atom stereocenters. The summed E-state index contributed by atoms with van der Waals surface area (Å²) < 4.78 is 31.9. The highest BCUT2D eigenvalue weighted by atomic mass is 32.2. The second kappa shape index (κ2) is 8.00. The molecule has 0 unspecified atom stereocenters. The van der Waals surface area contributed by atoms with E-state index in [1.807, 2.05) is 39.8 Å². The van der Waals surface area contributed by atoms with E-state index in [1.54, 1.807) is 31.3 Å². The molecule has 0 saturated carbocycles. The van der Waals surface area contributed by atoms with E-state index in [0.717, 1.165) is 27.8 Å². The Bertz CT molecular complexity index is 1200. The van der Waals surface area contributed by atoms with Gasteiger partial charge in [-0.25, -0.2) is 13.2 Å². The molecule has 1 aromatic heterocycles. The van der Waals surface area contributed by atoms with Gasteiger partial charge in [-0.05, 0) is 68.7 Å². The second-order valence-corrected chi connectivity index (χ2v) is 9.47. The molecule has 1 N–H and O–H groups in total. The van der Waals surface area contributed by atoms with Gasteiger partial charge >= 0.3 is 5.63 Å². The molecule has 0 radical (unpaired) electrons. The summed E-state index contributed by atoms with van der Waals surface area (Å²) in [5.41, 5.74) is 3.82. The zero-order valence-corrected chi connectivity index (χ0v) is 18.1. The Morgan fingerprint density at radius 2 is 1.72 bits per heavy atom. The Balaban J connectivity index is 1.84. The molecule has 3 aromatic rings. The van der Waals surface area contributed by atoms with Crippen molar-refractivity contribution in [1.82, 2.24) is 4.31 Å². The molecule has 154 valence electrons. The highest BCUT2D eigenvalue weighted by Gasteiger charge is 2.22. The molecule has 0 aliphatic rings. The van der Waals surface area contributed by atoms with Crippen LogP contribution in [0.2, 0.25) is 0 Å². The first-order valence-electron chi connectivity index (χ1n) is 9.46. The number of sulfonamides is 1. The second-order valence-electron chi connectivity index (χ2n) is 7.47. The summed E-state index contributed by atoms with van der Waals surface area (Å²) in [6.45, 7) is 7.99. The molecule has 0 saturated heterocycles. The van der Waals surface area contributed by atoms with E-state index < -0.39 is 10.0 Å². The fourth-order valence-corrected chi connectivity index (χ4v) is 4.42. The monoisotopic (exact) mass is 414 g/mol. The molecule has 29 heavy (non-hydrogen) atoms. The summed E-state index contributed by atoms with van der Waals surface area (Å²) >= 11 is 0. The summed E-state index contributed by atoms with van der Waals surface area (Å²) in [5, 5.41) is 4.14. The topological polar surface area (TPSA) is 79.6 Å². The molecular formula is C22H26N2O4S. The minimum Gasteiger partial charge on any atom is -0.422 e. The smallest absolute Gasteiger partial charge is 0.336 e. The molecule has 0 aliphatic carbocycles. The van der Waals surface area contributed by atoms with Crippen LogP contribution in [0.5, 0.6) is 0 Å². The Morgan fingerprint density at radius 1 is 1.07 bits per heavy atom. The molecule has 0 bridgehead atoms. The average molecular weight is 415 g/mol. The normalized spacial score (nSPS) is 12.1. The largest absolute Gasteiger partial charge is 0.422 e. The third kappa shape index (κ3) is 4.21. The van der Waals surface area contributed by atoms with Gasteiger partial charge in [-0.1, -0.05) is 12.1 Å². The number of nitrogens with zero attached hydrogens (tertiary/aromatic N) is 1. The van der Waals surface area contributed by atoms with Crippen molar-refractivity contribution in [2.24, 2.45) is 0 Å². The number of anilines is 1. The quantitative estimate of drug-likeness (QED) is 0.616. The molecule has 0 aliphatic heterocycles. The van der Waals surface area contributed by atoms with Crippen molar-refractivity contribution in [1.29, 1.82) is 0 Å². The van der Waals surface area contributed by atoms with Crippen LogP contribution in [-0.2, 0) is 16.6 Å². The third-order valence-electron chi connectivity index (χ3n) is 5.26. The number of fused-ring (bicyclic) bond motifs is 1. The van der Waals surface area contributed by atoms with E-state index in [4.69, 9.17) is 4.42 Å². The molecule has 7 heteroatoms. The first-order chi connectivity index (χ1) is 13.6. The van der Waals surface area contributed by atoms with Crippen LogP contribution in [0.15, 0.2) is 56.6 Å². The Kier molecular flexibility index (Phi) is 5.82. The summed E-state index contributed by atoms with van der Waals surface area (Å²) in [7, 11) is -1.94. The average Bonchev–Trinajstić information content (AvgIpc) is 2.68. The van der Waals surface area contributed by atoms with E-state index in [2.05, 4.69) is 5.32 Å². The highest BCUT2D eigenvalue weighted by molar-refractivity contribution is 7.89. The van der Waals surface area contributed by atoms with Crippen molar-refractivity contribution in [3.63, 3.8) is 0 Å². The van der Waals surface area contributed by atoms with Crippen molar-refractivity contribution in [2.45, 2.75) is 45.2 Å². The van der Waals surface area contributed by atoms with Gasteiger partial charge in [-0.3, -0.25) is 0 Å². The van der Waals surface area contributed by atoms with Crippen LogP contribution in [-0.4, -0.2) is 25.8 Å². The van der Waals surface area contributed by atoms with Crippen molar-refractivity contribution in [2.75, 3.05) is 12.4 Å². The van der Waals surface area contributed by atoms with Crippen molar-refractivity contribution < 1.29 is 12.8 Å². The molecule has 2 aromatic carbocycles. The molecule has 0 amide bonds. The van der Waals surface area contributed by atoms with Crippen LogP contribution >= 0.6 is 0 Å². The van der Waals surface area contributed by atoms with Gasteiger partial charge in [0.2, 0.25) is 10.0 Å². The van der Waals surface area contributed by atoms with Gasteiger partial charge in [0.25, 0.3) is 0 Å². The first-order valence-corrected chi connectivity index (χ1v) is 10.9. The van der Waals surface area contributed by atoms with Gasteiger partial charge in [0.1, 0.15) is 5.58 Å². The van der Waals surface area contributed by atoms with Crippen LogP contribution in [0.1, 0.15) is 30.5 Å². The van der Waals surface area contributed by atoms with E-state index in [1.165, 1.54) is 10.4 Å². The molecule has 0 spiro atoms. The molecule has 6 nitrogen and oxygen atoms in total. The minimum atomic E-state index is -3.51. The molecule has 1 heterocycles. The van der Waals surface area contributed by atoms with Crippen LogP contribution in [0.3, 0.4) is 0 Å². The lowest BCUT2D eigenvalue weighted by molar-refractivity contribution is 0.410. The van der Waals surface area contributed by atoms with Gasteiger partial charge < -0.3 is 9.73 Å². The SMILES string of the molecule is Cc1ccc2c(CNc3ccc(S(=O)(=O)N(C)C(C)C)cc3)cc(=O)oc2c1C. The zero-order chi connectivity index (χ0) is 21.3. The predicted octanol–water partition coefficient (Wildman–Crippen LogP) is 4.05. The van der Waals surface area contributed by atoms with Crippen molar-refractivity contribution >= 4 is 26.7 Å². The lowest BCUT2D eigenvalue weighted by atomic mass is 10.0. The third-order valence-corrected chi connectivity index (χ3v) is 7.31. The van der Waals surface area contributed by atoms with Gasteiger partial charge in [0, 0.05) is 36.8 Å². The van der Waals surface area contributed by atoms with Gasteiger partial charge in [0.15, 0.2) is 0 Å². The number of nitrogens with one attached hydrogen (secondary N) is 1. The van der Waals surface area contributed by atoms with Gasteiger partial charge in [0.05, 0.1) is 4.90 Å². The maximum absolute atomic E-state index is 12.6. The van der Waals surface area contributed by atoms with Crippen LogP contribution in [0, 0.1) is 13.8 Å². The zero-order valence-electron chi connectivity index (χ0n) is 17.3. The van der Waals surface area contributed by atoms with Gasteiger partial charge in [-0.15, -0.1) is 0 Å². The lowest BCUT2D eigenvalue weighted by Crippen LogP contribution is -2.33. The Labute approximate surface area is 171 Å². The standard InChI is InChI=1S/C22H26N2O4S/c1-14(2)24(5)29(26,27)19-9-7-18(8-10-19)23-13-17-12-21(25)28-22-16(4)15(3)6-11-20(17)22/h6-12,14,23H,13H2,1-5H3. The minimum absolute atomic E-state index is 0.122. The fraction of sp³-hybridized carbons (Fsp3) is 0.318. The number of rotatable bonds is 6. The Hall–Kier alpha value is -2.64. The maximum atomic E-state index is 12.6. The number of aryl methyl sites for hydroxylation is 2. The summed E-state index contributed by atoms with van der Waals surface area (Å²) in [6.07, 6.45) is 0. The van der Waals surface area contributed by atoms with Gasteiger partial charge in [-0.2, -0.15) is 4.31 Å². The van der Waals surface area contributed by atoms with Crippen molar-refractivity contribution in [3.8, 4) is 0 Å². The number of benzene rings is 2. The molecule has 3 rings (SSSR count). The van der Waals surface area contributed by atoms with E-state index in [-0.39, 0.29) is 16.6 Å². The molecular weight excluding hydrogens is 388 g/mol. The summed E-state index contributed by atoms with van der Waals surface area (Å²) in [5.74, 6) is 0. The predicted molar refractivity (Wildman–Crippen MR) is 116 cm³/mol. The van der Waals surface area contributed by atoms with Crippen LogP contribution in [0.25, 0.3) is 11.0 Å². The highest BCUT2D eigenvalue weighted by Crippen LogP contribution is 2.24. The Morgan fingerprint density at radius 3 is 2.34 bits per heavy atom. The number of hydrogen-bond acceptors (Lipinski definition) is 5. The van der Waals surface area contributed by atoms with E-state index in [0.29, 0.717) is 12.1 Å². The van der Waals surface area contributed by atoms with Crippen molar-refractivity contribution in [3.05, 3.63) is 69.6 Å². The van der Waals surface area contributed by atoms with Crippen LogP contribution in [0.4, 0.5) is 5.69 Å². The summed E-state index contributed by atoms with van der Waals surface area (Å²) in [4.78, 5) is 12.2. The van der Waals surface area contributed by atoms with E-state index >= 15 is 0 Å². The first kappa shape index (κ1) is 21.1. The molecule has 0 fully saturated rings. The number of hydrogen-bond donors (Lipinski definition) is 1. The van der Waals surface area contributed by atoms with Crippen LogP contribution < -0.4 is 10.9 Å². The van der Waals surface area contributed by atoms with E-state index in [9.17, 15) is 13.2 Å². The maximum Gasteiger partial charge on any atom is 0.336 e. The lowest BCUT2D eigenvalue weighted by Gasteiger charge is -2.21.